The second-order valence-electron chi connectivity index (χ2n) is 11.3. The third-order valence-corrected chi connectivity index (χ3v) is 8.57. The highest BCUT2D eigenvalue weighted by molar-refractivity contribution is 5.98. The highest BCUT2D eigenvalue weighted by Gasteiger charge is 2.40. The third-order valence-electron chi connectivity index (χ3n) is 8.57. The maximum absolute atomic E-state index is 14.2. The van der Waals surface area contributed by atoms with Gasteiger partial charge in [-0.2, -0.15) is 13.2 Å². The van der Waals surface area contributed by atoms with Gasteiger partial charge in [0.05, 0.1) is 5.92 Å². The molecular weight excluding hydrogens is 565 g/mol. The number of hydrogen-bond acceptors (Lipinski definition) is 3. The summed E-state index contributed by atoms with van der Waals surface area (Å²) >= 11 is 0. The van der Waals surface area contributed by atoms with Gasteiger partial charge in [0.2, 0.25) is 5.91 Å². The van der Waals surface area contributed by atoms with Crippen LogP contribution in [0.4, 0.5) is 22.0 Å². The van der Waals surface area contributed by atoms with E-state index in [9.17, 15) is 31.5 Å². The molecule has 3 aromatic rings. The van der Waals surface area contributed by atoms with Crippen molar-refractivity contribution < 1.29 is 31.5 Å². The van der Waals surface area contributed by atoms with E-state index in [1.165, 1.54) is 30.3 Å². The van der Waals surface area contributed by atoms with Crippen molar-refractivity contribution in [2.75, 3.05) is 32.7 Å². The van der Waals surface area contributed by atoms with E-state index in [4.69, 9.17) is 0 Å². The Morgan fingerprint density at radius 3 is 2.12 bits per heavy atom. The number of rotatable bonds is 7. The van der Waals surface area contributed by atoms with Crippen LogP contribution in [0.3, 0.4) is 0 Å². The van der Waals surface area contributed by atoms with Gasteiger partial charge in [0.15, 0.2) is 0 Å². The van der Waals surface area contributed by atoms with Crippen LogP contribution in [-0.2, 0) is 11.3 Å². The smallest absolute Gasteiger partial charge is 0.331 e. The molecule has 0 radical (unpaired) electrons. The molecule has 0 bridgehead atoms. The molecule has 0 saturated carbocycles. The van der Waals surface area contributed by atoms with Crippen molar-refractivity contribution in [2.24, 2.45) is 0 Å². The molecule has 1 aliphatic carbocycles. The Balaban J connectivity index is 1.10. The van der Waals surface area contributed by atoms with Gasteiger partial charge in [-0.1, -0.05) is 42.5 Å². The lowest BCUT2D eigenvalue weighted by atomic mass is 9.95. The van der Waals surface area contributed by atoms with Crippen molar-refractivity contribution in [3.63, 3.8) is 0 Å². The number of carbonyl (C=O) groups is 2. The Labute approximate surface area is 246 Å². The normalized spacial score (nSPS) is 17.4. The predicted octanol–water partition coefficient (Wildman–Crippen LogP) is 6.14. The molecule has 0 aromatic heterocycles. The summed E-state index contributed by atoms with van der Waals surface area (Å²) < 4.78 is 69.1. The number of amides is 2. The maximum Gasteiger partial charge on any atom is 0.406 e. The van der Waals surface area contributed by atoms with Crippen molar-refractivity contribution in [3.8, 4) is 11.1 Å². The predicted molar refractivity (Wildman–Crippen MR) is 151 cm³/mol. The lowest BCUT2D eigenvalue weighted by Crippen LogP contribution is -2.45. The van der Waals surface area contributed by atoms with Gasteiger partial charge in [-0.25, -0.2) is 8.78 Å². The average molecular weight is 596 g/mol. The van der Waals surface area contributed by atoms with Gasteiger partial charge in [-0.3, -0.25) is 14.5 Å². The molecule has 43 heavy (non-hydrogen) atoms. The number of benzene rings is 3. The Morgan fingerprint density at radius 2 is 1.51 bits per heavy atom. The zero-order valence-electron chi connectivity index (χ0n) is 23.3. The largest absolute Gasteiger partial charge is 0.406 e. The van der Waals surface area contributed by atoms with Crippen LogP contribution in [-0.4, -0.2) is 71.5 Å². The summed E-state index contributed by atoms with van der Waals surface area (Å²) in [5.74, 6) is -3.31. The van der Waals surface area contributed by atoms with Crippen LogP contribution in [0.5, 0.6) is 0 Å². The molecule has 2 heterocycles. The number of halogens is 5. The highest BCUT2D eigenvalue weighted by atomic mass is 19.4. The lowest BCUT2D eigenvalue weighted by Gasteiger charge is -2.36. The van der Waals surface area contributed by atoms with Crippen molar-refractivity contribution in [3.05, 3.63) is 107 Å². The summed E-state index contributed by atoms with van der Waals surface area (Å²) in [4.78, 5) is 31.2. The molecule has 6 rings (SSSR count). The fourth-order valence-electron chi connectivity index (χ4n) is 6.51. The van der Waals surface area contributed by atoms with Crippen LogP contribution < -0.4 is 0 Å². The summed E-state index contributed by atoms with van der Waals surface area (Å²) in [5.41, 5.74) is 3.25. The van der Waals surface area contributed by atoms with E-state index in [-0.39, 0.29) is 29.6 Å². The number of fused-ring (bicyclic) bond motifs is 4. The van der Waals surface area contributed by atoms with Gasteiger partial charge in [0.25, 0.3) is 5.91 Å². The molecule has 1 fully saturated rings. The summed E-state index contributed by atoms with van der Waals surface area (Å²) in [6, 6.07) is 15.4. The van der Waals surface area contributed by atoms with E-state index in [1.807, 2.05) is 29.2 Å². The molecule has 0 unspecified atom stereocenters. The lowest BCUT2D eigenvalue weighted by molar-refractivity contribution is -0.160. The standard InChI is InChI=1S/C33H30F5N3O2/c34-22-7-9-26-27-10-8-23(35)18-29(27)30(28(26)17-22)32(43)40(20-33(36,37)38)14-4-3-13-39-15-11-24(12-16-39)41-19-21-5-1-2-6-25(21)31(41)42/h1-10,17-18,24,30H,11-16,19-20H2. The van der Waals surface area contributed by atoms with Crippen LogP contribution in [0, 0.1) is 11.6 Å². The van der Waals surface area contributed by atoms with Gasteiger partial charge in [0.1, 0.15) is 18.2 Å². The van der Waals surface area contributed by atoms with Crippen LogP contribution in [0.2, 0.25) is 0 Å². The average Bonchev–Trinajstić information content (AvgIpc) is 3.47. The second-order valence-corrected chi connectivity index (χ2v) is 11.3. The first-order valence-corrected chi connectivity index (χ1v) is 14.3. The van der Waals surface area contributed by atoms with Crippen LogP contribution >= 0.6 is 0 Å². The minimum atomic E-state index is -4.66. The Morgan fingerprint density at radius 1 is 0.884 bits per heavy atom. The molecule has 3 aromatic carbocycles. The van der Waals surface area contributed by atoms with E-state index in [0.717, 1.165) is 49.2 Å². The fraction of sp³-hybridized carbons (Fsp3) is 0.333. The molecule has 0 atom stereocenters. The van der Waals surface area contributed by atoms with Crippen molar-refractivity contribution in [2.45, 2.75) is 37.5 Å². The van der Waals surface area contributed by atoms with E-state index in [0.29, 0.717) is 29.1 Å². The minimum absolute atomic E-state index is 0.0568. The monoisotopic (exact) mass is 595 g/mol. The second kappa shape index (κ2) is 11.6. The van der Waals surface area contributed by atoms with E-state index < -0.39 is 36.2 Å². The number of alkyl halides is 3. The SMILES string of the molecule is O=C(C1c2cc(F)ccc2-c2ccc(F)cc21)N(CC=CCN1CCC(N2Cc3ccccc3C2=O)CC1)CC(F)(F)F. The van der Waals surface area contributed by atoms with Crippen LogP contribution in [0.15, 0.2) is 72.8 Å². The van der Waals surface area contributed by atoms with E-state index in [1.54, 1.807) is 6.08 Å². The quantitative estimate of drug-likeness (QED) is 0.243. The number of hydrogen-bond donors (Lipinski definition) is 0. The van der Waals surface area contributed by atoms with Gasteiger partial charge < -0.3 is 9.80 Å². The zero-order valence-corrected chi connectivity index (χ0v) is 23.3. The molecule has 2 aliphatic heterocycles. The highest BCUT2D eigenvalue weighted by Crippen LogP contribution is 2.46. The zero-order chi connectivity index (χ0) is 30.3. The van der Waals surface area contributed by atoms with Gasteiger partial charge in [-0.15, -0.1) is 0 Å². The maximum atomic E-state index is 14.2. The molecule has 1 saturated heterocycles. The van der Waals surface area contributed by atoms with Crippen LogP contribution in [0.1, 0.15) is 45.8 Å². The van der Waals surface area contributed by atoms with Crippen molar-refractivity contribution >= 4 is 11.8 Å². The molecule has 10 heteroatoms. The van der Waals surface area contributed by atoms with Gasteiger partial charge >= 0.3 is 6.18 Å². The summed E-state index contributed by atoms with van der Waals surface area (Å²) in [6.45, 7) is 0.763. The minimum Gasteiger partial charge on any atom is -0.331 e. The Hall–Kier alpha value is -4.05. The van der Waals surface area contributed by atoms with E-state index >= 15 is 0 Å². The number of piperidine rings is 1. The fourth-order valence-corrected chi connectivity index (χ4v) is 6.51. The van der Waals surface area contributed by atoms with Crippen molar-refractivity contribution in [1.29, 1.82) is 0 Å². The first kappa shape index (κ1) is 29.0. The number of nitrogens with zero attached hydrogens (tertiary/aromatic N) is 3. The van der Waals surface area contributed by atoms with E-state index in [2.05, 4.69) is 4.90 Å². The van der Waals surface area contributed by atoms with Crippen molar-refractivity contribution in [1.82, 2.24) is 14.7 Å². The molecule has 224 valence electrons. The number of likely N-dealkylation sites (tertiary alicyclic amines) is 1. The Bertz CT molecular complexity index is 1530. The van der Waals surface area contributed by atoms with Gasteiger partial charge in [0, 0.05) is 44.3 Å². The topological polar surface area (TPSA) is 43.9 Å². The molecule has 0 spiro atoms. The molecule has 3 aliphatic rings. The summed E-state index contributed by atoms with van der Waals surface area (Å²) in [7, 11) is 0. The molecule has 5 nitrogen and oxygen atoms in total. The number of carbonyl (C=O) groups excluding carboxylic acids is 2. The Kier molecular flexibility index (Phi) is 7.81. The first-order chi connectivity index (χ1) is 20.6. The van der Waals surface area contributed by atoms with Crippen LogP contribution in [0.25, 0.3) is 11.1 Å². The summed E-state index contributed by atoms with van der Waals surface area (Å²) in [5, 5.41) is 0. The van der Waals surface area contributed by atoms with Gasteiger partial charge in [-0.05, 0) is 71.0 Å². The molecule has 0 N–H and O–H groups in total. The molecule has 2 amide bonds. The summed E-state index contributed by atoms with van der Waals surface area (Å²) in [6.07, 6.45) is 0.194. The molecular formula is C33H30F5N3O2. The first-order valence-electron chi connectivity index (χ1n) is 14.3. The third kappa shape index (κ3) is 5.93.